The van der Waals surface area contributed by atoms with E-state index in [9.17, 15) is 4.79 Å². The number of rotatable bonds is 3. The lowest BCUT2D eigenvalue weighted by molar-refractivity contribution is 0.0602. The number of benzene rings is 1. The van der Waals surface area contributed by atoms with Crippen molar-refractivity contribution in [3.63, 3.8) is 0 Å². The van der Waals surface area contributed by atoms with Crippen molar-refractivity contribution in [1.82, 2.24) is 4.98 Å². The Morgan fingerprint density at radius 1 is 1.18 bits per heavy atom. The number of nitrogens with one attached hydrogen (secondary N) is 1. The third kappa shape index (κ3) is 2.86. The number of ether oxygens (including phenoxy) is 1. The van der Waals surface area contributed by atoms with Crippen molar-refractivity contribution in [2.45, 2.75) is 38.0 Å². The lowest BCUT2D eigenvalue weighted by Gasteiger charge is -2.22. The number of nitrogen functional groups attached to an aromatic ring is 1. The van der Waals surface area contributed by atoms with E-state index in [1.807, 2.05) is 0 Å². The first-order valence-electron chi connectivity index (χ1n) is 7.86. The molecule has 1 fully saturated rings. The summed E-state index contributed by atoms with van der Waals surface area (Å²) in [6.45, 7) is 0. The molecule has 3 rings (SSSR count). The van der Waals surface area contributed by atoms with Gasteiger partial charge in [-0.25, -0.2) is 4.79 Å². The van der Waals surface area contributed by atoms with Crippen LogP contribution in [0.15, 0.2) is 30.3 Å². The van der Waals surface area contributed by atoms with E-state index in [-0.39, 0.29) is 0 Å². The topological polar surface area (TPSA) is 68.1 Å². The second kappa shape index (κ2) is 6.26. The summed E-state index contributed by atoms with van der Waals surface area (Å²) in [5, 5.41) is 0. The molecule has 1 heterocycles. The van der Waals surface area contributed by atoms with E-state index in [2.05, 4.69) is 29.2 Å². The molecule has 0 atom stereocenters. The molecule has 1 aliphatic carbocycles. The zero-order chi connectivity index (χ0) is 15.5. The number of esters is 1. The monoisotopic (exact) mass is 298 g/mol. The van der Waals surface area contributed by atoms with E-state index in [1.54, 1.807) is 6.07 Å². The molecule has 0 bridgehead atoms. The van der Waals surface area contributed by atoms with Crippen LogP contribution < -0.4 is 5.73 Å². The summed E-state index contributed by atoms with van der Waals surface area (Å²) in [4.78, 5) is 14.7. The van der Waals surface area contributed by atoms with Gasteiger partial charge in [0, 0.05) is 5.69 Å². The fraction of sp³-hybridized carbons (Fsp3) is 0.389. The summed E-state index contributed by atoms with van der Waals surface area (Å²) in [6, 6.07) is 10.3. The molecule has 2 aromatic rings. The Labute approximate surface area is 130 Å². The quantitative estimate of drug-likeness (QED) is 0.838. The van der Waals surface area contributed by atoms with Gasteiger partial charge in [0.05, 0.1) is 7.11 Å². The number of hydrogen-bond acceptors (Lipinski definition) is 3. The number of anilines is 1. The largest absolute Gasteiger partial charge is 0.465 e. The molecular formula is C18H22N2O2. The van der Waals surface area contributed by atoms with Gasteiger partial charge in [-0.2, -0.15) is 0 Å². The maximum absolute atomic E-state index is 11.6. The van der Waals surface area contributed by atoms with E-state index >= 15 is 0 Å². The number of aromatic amines is 1. The van der Waals surface area contributed by atoms with Gasteiger partial charge in [0.25, 0.3) is 0 Å². The van der Waals surface area contributed by atoms with E-state index in [0.717, 1.165) is 11.3 Å². The predicted octanol–water partition coefficient (Wildman–Crippen LogP) is 4.10. The smallest absolute Gasteiger partial charge is 0.341 e. The maximum atomic E-state index is 11.6. The standard InChI is InChI=1S/C18H22N2O2/c1-22-18(21)15-11-16(20-17(15)19)14-9-7-13(8-10-14)12-5-3-2-4-6-12/h7-12,20H,2-6,19H2,1H3. The molecule has 1 aromatic carbocycles. The summed E-state index contributed by atoms with van der Waals surface area (Å²) in [7, 11) is 1.35. The molecule has 4 heteroatoms. The van der Waals surface area contributed by atoms with Gasteiger partial charge in [0.15, 0.2) is 0 Å². The second-order valence-electron chi connectivity index (χ2n) is 5.96. The van der Waals surface area contributed by atoms with Gasteiger partial charge in [0.1, 0.15) is 11.4 Å². The summed E-state index contributed by atoms with van der Waals surface area (Å²) in [5.74, 6) is 0.624. The van der Waals surface area contributed by atoms with Gasteiger partial charge >= 0.3 is 5.97 Å². The molecule has 0 unspecified atom stereocenters. The highest BCUT2D eigenvalue weighted by Crippen LogP contribution is 2.33. The summed E-state index contributed by atoms with van der Waals surface area (Å²) >= 11 is 0. The van der Waals surface area contributed by atoms with Crippen molar-refractivity contribution < 1.29 is 9.53 Å². The van der Waals surface area contributed by atoms with Crippen molar-refractivity contribution in [3.05, 3.63) is 41.5 Å². The zero-order valence-electron chi connectivity index (χ0n) is 12.9. The van der Waals surface area contributed by atoms with Crippen LogP contribution >= 0.6 is 0 Å². The van der Waals surface area contributed by atoms with Gasteiger partial charge in [0.2, 0.25) is 0 Å². The first-order chi connectivity index (χ1) is 10.7. The minimum atomic E-state index is -0.418. The van der Waals surface area contributed by atoms with Crippen LogP contribution in [-0.2, 0) is 4.74 Å². The van der Waals surface area contributed by atoms with Crippen LogP contribution in [0, 0.1) is 0 Å². The Morgan fingerprint density at radius 2 is 1.86 bits per heavy atom. The molecular weight excluding hydrogens is 276 g/mol. The lowest BCUT2D eigenvalue weighted by Crippen LogP contribution is -2.04. The van der Waals surface area contributed by atoms with E-state index < -0.39 is 5.97 Å². The average molecular weight is 298 g/mol. The number of H-pyrrole nitrogens is 1. The third-order valence-corrected chi connectivity index (χ3v) is 4.55. The molecule has 116 valence electrons. The number of carbonyl (C=O) groups excluding carboxylic acids is 1. The number of nitrogens with two attached hydrogens (primary N) is 1. The van der Waals surface area contributed by atoms with E-state index in [0.29, 0.717) is 17.3 Å². The summed E-state index contributed by atoms with van der Waals surface area (Å²) < 4.78 is 4.73. The normalized spacial score (nSPS) is 15.7. The van der Waals surface area contributed by atoms with Crippen molar-refractivity contribution >= 4 is 11.8 Å². The van der Waals surface area contributed by atoms with E-state index in [4.69, 9.17) is 10.5 Å². The van der Waals surface area contributed by atoms with Crippen molar-refractivity contribution in [2.75, 3.05) is 12.8 Å². The molecule has 0 spiro atoms. The van der Waals surface area contributed by atoms with Crippen LogP contribution in [0.3, 0.4) is 0 Å². The second-order valence-corrected chi connectivity index (χ2v) is 5.96. The van der Waals surface area contributed by atoms with Crippen LogP contribution in [0.4, 0.5) is 5.82 Å². The Balaban J connectivity index is 1.82. The highest BCUT2D eigenvalue weighted by Gasteiger charge is 2.17. The number of carbonyl (C=O) groups is 1. The summed E-state index contributed by atoms with van der Waals surface area (Å²) in [6.07, 6.45) is 6.62. The molecule has 22 heavy (non-hydrogen) atoms. The van der Waals surface area contributed by atoms with Crippen LogP contribution in [0.1, 0.15) is 53.9 Å². The molecule has 0 aliphatic heterocycles. The SMILES string of the molecule is COC(=O)c1cc(-c2ccc(C3CCCCC3)cc2)[nH]c1N. The highest BCUT2D eigenvalue weighted by atomic mass is 16.5. The molecule has 4 nitrogen and oxygen atoms in total. The van der Waals surface area contributed by atoms with Crippen LogP contribution in [0.2, 0.25) is 0 Å². The first kappa shape index (κ1) is 14.7. The Hall–Kier alpha value is -2.23. The Morgan fingerprint density at radius 3 is 2.50 bits per heavy atom. The third-order valence-electron chi connectivity index (χ3n) is 4.55. The van der Waals surface area contributed by atoms with E-state index in [1.165, 1.54) is 44.8 Å². The van der Waals surface area contributed by atoms with Gasteiger partial charge in [-0.15, -0.1) is 0 Å². The van der Waals surface area contributed by atoms with Gasteiger partial charge in [-0.05, 0) is 36.0 Å². The average Bonchev–Trinajstić information content (AvgIpc) is 2.97. The lowest BCUT2D eigenvalue weighted by atomic mass is 9.84. The zero-order valence-corrected chi connectivity index (χ0v) is 12.9. The maximum Gasteiger partial charge on any atom is 0.341 e. The van der Waals surface area contributed by atoms with Gasteiger partial charge < -0.3 is 15.5 Å². The first-order valence-corrected chi connectivity index (χ1v) is 7.86. The van der Waals surface area contributed by atoms with Gasteiger partial charge in [-0.1, -0.05) is 43.5 Å². The summed E-state index contributed by atoms with van der Waals surface area (Å²) in [5.41, 5.74) is 9.51. The van der Waals surface area contributed by atoms with Crippen molar-refractivity contribution in [3.8, 4) is 11.3 Å². The molecule has 1 aromatic heterocycles. The van der Waals surface area contributed by atoms with Crippen molar-refractivity contribution in [2.24, 2.45) is 0 Å². The van der Waals surface area contributed by atoms with Crippen LogP contribution in [0.25, 0.3) is 11.3 Å². The minimum absolute atomic E-state index is 0.346. The predicted molar refractivity (Wildman–Crippen MR) is 87.8 cm³/mol. The Bertz CT molecular complexity index is 652. The highest BCUT2D eigenvalue weighted by molar-refractivity contribution is 5.96. The molecule has 0 saturated heterocycles. The molecule has 0 radical (unpaired) electrons. The molecule has 1 aliphatic rings. The van der Waals surface area contributed by atoms with Gasteiger partial charge in [-0.3, -0.25) is 0 Å². The number of aromatic nitrogens is 1. The molecule has 0 amide bonds. The molecule has 3 N–H and O–H groups in total. The fourth-order valence-corrected chi connectivity index (χ4v) is 3.28. The minimum Gasteiger partial charge on any atom is -0.465 e. The number of hydrogen-bond donors (Lipinski definition) is 2. The molecule has 1 saturated carbocycles. The van der Waals surface area contributed by atoms with Crippen LogP contribution in [0.5, 0.6) is 0 Å². The van der Waals surface area contributed by atoms with Crippen LogP contribution in [-0.4, -0.2) is 18.1 Å². The fourth-order valence-electron chi connectivity index (χ4n) is 3.28. The number of methoxy groups -OCH3 is 1. The van der Waals surface area contributed by atoms with Crippen molar-refractivity contribution in [1.29, 1.82) is 0 Å². The Kier molecular flexibility index (Phi) is 4.18.